The first kappa shape index (κ1) is 31.2. The zero-order chi connectivity index (χ0) is 30.4. The van der Waals surface area contributed by atoms with Gasteiger partial charge in [0.1, 0.15) is 35.6 Å². The van der Waals surface area contributed by atoms with Crippen LogP contribution in [0.5, 0.6) is 5.75 Å². The van der Waals surface area contributed by atoms with Crippen LogP contribution in [0.25, 0.3) is 11.2 Å². The maximum absolute atomic E-state index is 12.0. The molecule has 1 aromatic carbocycles. The van der Waals surface area contributed by atoms with E-state index in [0.29, 0.717) is 29.2 Å². The summed E-state index contributed by atoms with van der Waals surface area (Å²) < 4.78 is 34.2. The molecule has 42 heavy (non-hydrogen) atoms. The van der Waals surface area contributed by atoms with Crippen LogP contribution >= 0.6 is 11.8 Å². The van der Waals surface area contributed by atoms with Crippen LogP contribution in [0.15, 0.2) is 40.5 Å². The number of anilines is 1. The van der Waals surface area contributed by atoms with Gasteiger partial charge < -0.3 is 38.7 Å². The highest BCUT2D eigenvalue weighted by molar-refractivity contribution is 7.99. The average Bonchev–Trinajstić information content (AvgIpc) is 3.36. The summed E-state index contributed by atoms with van der Waals surface area (Å²) in [5.74, 6) is 1.02. The number of hydrogen-bond donors (Lipinski definition) is 1. The molecule has 2 heterocycles. The lowest BCUT2D eigenvalue weighted by atomic mass is 10.2. The number of imidazole rings is 1. The molecule has 0 radical (unpaired) electrons. The van der Waals surface area contributed by atoms with Gasteiger partial charge in [-0.3, -0.25) is 0 Å². The number of nitrogens with two attached hydrogens (primary N) is 1. The van der Waals surface area contributed by atoms with Gasteiger partial charge in [-0.15, -0.1) is 0 Å². The maximum Gasteiger partial charge on any atom is 0.508 e. The van der Waals surface area contributed by atoms with Crippen molar-refractivity contribution in [3.05, 3.63) is 30.6 Å². The Hall–Kier alpha value is -3.78. The molecule has 0 aliphatic heterocycles. The van der Waals surface area contributed by atoms with E-state index in [-0.39, 0.29) is 37.3 Å². The standard InChI is InChI=1S/C28H37N5O8S/c1-16(2)39-26(34)37-12-20(13-38-27(35)40-17(3)4)41-28(11-18(28)5)14-33-15-30-22-23(33)31-25(29)32-24(22)42-21-9-7-19(36-6)8-10-21/h7-10,15-18,20H,11-14H2,1-6H3,(H2,29,31,32). The van der Waals surface area contributed by atoms with E-state index in [9.17, 15) is 9.59 Å². The van der Waals surface area contributed by atoms with Crippen LogP contribution in [0, 0.1) is 5.92 Å². The summed E-state index contributed by atoms with van der Waals surface area (Å²) in [5, 5.41) is 0.618. The molecule has 1 aliphatic rings. The number of nitrogens with zero attached hydrogens (tertiary/aromatic N) is 4. The average molecular weight is 604 g/mol. The highest BCUT2D eigenvalue weighted by atomic mass is 32.2. The fourth-order valence-electron chi connectivity index (χ4n) is 4.27. The van der Waals surface area contributed by atoms with E-state index in [1.54, 1.807) is 41.1 Å². The van der Waals surface area contributed by atoms with Gasteiger partial charge in [0.2, 0.25) is 5.95 Å². The van der Waals surface area contributed by atoms with Crippen LogP contribution in [-0.4, -0.2) is 76.1 Å². The molecule has 0 saturated heterocycles. The fraction of sp³-hybridized carbons (Fsp3) is 0.536. The molecule has 2 atom stereocenters. The molecule has 228 valence electrons. The Balaban J connectivity index is 1.51. The van der Waals surface area contributed by atoms with Crippen molar-refractivity contribution in [2.45, 2.75) is 81.4 Å². The van der Waals surface area contributed by atoms with Crippen LogP contribution in [0.4, 0.5) is 15.5 Å². The van der Waals surface area contributed by atoms with E-state index in [4.69, 9.17) is 34.2 Å². The van der Waals surface area contributed by atoms with Crippen LogP contribution in [0.2, 0.25) is 0 Å². The minimum atomic E-state index is -0.837. The Morgan fingerprint density at radius 1 is 1.05 bits per heavy atom. The number of benzene rings is 1. The third-order valence-corrected chi connectivity index (χ3v) is 7.38. The second-order valence-electron chi connectivity index (χ2n) is 10.6. The molecule has 2 aromatic heterocycles. The molecule has 2 N–H and O–H groups in total. The molecule has 0 bridgehead atoms. The molecule has 0 spiro atoms. The Labute approximate surface area is 248 Å². The molecule has 1 saturated carbocycles. The van der Waals surface area contributed by atoms with E-state index in [1.807, 2.05) is 35.8 Å². The highest BCUT2D eigenvalue weighted by Gasteiger charge is 2.54. The Bertz CT molecular complexity index is 1360. The van der Waals surface area contributed by atoms with Crippen molar-refractivity contribution >= 4 is 41.2 Å². The SMILES string of the molecule is COc1ccc(Sc2nc(N)nc3c2ncn3CC2(OC(COC(=O)OC(C)C)COC(=O)OC(C)C)CC2C)cc1. The Morgan fingerprint density at radius 3 is 2.17 bits per heavy atom. The summed E-state index contributed by atoms with van der Waals surface area (Å²) in [4.78, 5) is 38.5. The molecular weight excluding hydrogens is 566 g/mol. The third kappa shape index (κ3) is 8.16. The van der Waals surface area contributed by atoms with Crippen molar-refractivity contribution in [3.63, 3.8) is 0 Å². The smallest absolute Gasteiger partial charge is 0.497 e. The van der Waals surface area contributed by atoms with Gasteiger partial charge in [-0.2, -0.15) is 4.98 Å². The largest absolute Gasteiger partial charge is 0.508 e. The first-order valence-electron chi connectivity index (χ1n) is 13.6. The minimum absolute atomic E-state index is 0.117. The predicted octanol–water partition coefficient (Wildman–Crippen LogP) is 4.86. The van der Waals surface area contributed by atoms with Gasteiger partial charge in [-0.25, -0.2) is 19.6 Å². The van der Waals surface area contributed by atoms with Crippen molar-refractivity contribution in [2.75, 3.05) is 26.1 Å². The summed E-state index contributed by atoms with van der Waals surface area (Å²) in [6.45, 7) is 8.93. The van der Waals surface area contributed by atoms with Crippen molar-refractivity contribution in [2.24, 2.45) is 5.92 Å². The Morgan fingerprint density at radius 2 is 1.64 bits per heavy atom. The number of carbonyl (C=O) groups excluding carboxylic acids is 2. The summed E-state index contributed by atoms with van der Waals surface area (Å²) in [6.07, 6.45) is -0.753. The molecule has 0 amide bonds. The summed E-state index contributed by atoms with van der Waals surface area (Å²) in [6, 6.07) is 7.59. The topological polar surface area (TPSA) is 159 Å². The van der Waals surface area contributed by atoms with Crippen molar-refractivity contribution in [1.29, 1.82) is 0 Å². The maximum atomic E-state index is 12.0. The van der Waals surface area contributed by atoms with Crippen LogP contribution < -0.4 is 10.5 Å². The first-order valence-corrected chi connectivity index (χ1v) is 14.4. The number of aromatic nitrogens is 4. The molecule has 1 fully saturated rings. The van der Waals surface area contributed by atoms with Gasteiger partial charge in [0.05, 0.1) is 37.8 Å². The monoisotopic (exact) mass is 603 g/mol. The van der Waals surface area contributed by atoms with Gasteiger partial charge in [-0.05, 0) is 64.3 Å². The quantitative estimate of drug-likeness (QED) is 0.209. The molecule has 4 rings (SSSR count). The lowest BCUT2D eigenvalue weighted by Gasteiger charge is -2.26. The number of rotatable bonds is 13. The number of fused-ring (bicyclic) bond motifs is 1. The fourth-order valence-corrected chi connectivity index (χ4v) is 5.14. The van der Waals surface area contributed by atoms with Gasteiger partial charge in [-0.1, -0.05) is 18.7 Å². The summed E-state index contributed by atoms with van der Waals surface area (Å²) in [5.41, 5.74) is 6.60. The highest BCUT2D eigenvalue weighted by Crippen LogP contribution is 2.49. The van der Waals surface area contributed by atoms with Gasteiger partial charge in [0.15, 0.2) is 5.65 Å². The molecule has 2 unspecified atom stereocenters. The van der Waals surface area contributed by atoms with Gasteiger partial charge >= 0.3 is 12.3 Å². The molecule has 13 nitrogen and oxygen atoms in total. The van der Waals surface area contributed by atoms with E-state index in [0.717, 1.165) is 10.6 Å². The Kier molecular flexibility index (Phi) is 9.99. The molecule has 3 aromatic rings. The number of ether oxygens (including phenoxy) is 6. The van der Waals surface area contributed by atoms with Crippen molar-refractivity contribution in [1.82, 2.24) is 19.5 Å². The second kappa shape index (κ2) is 13.5. The number of nitrogen functional groups attached to an aromatic ring is 1. The molecule has 1 aliphatic carbocycles. The summed E-state index contributed by atoms with van der Waals surface area (Å²) >= 11 is 1.42. The molecule has 14 heteroatoms. The lowest BCUT2D eigenvalue weighted by Crippen LogP contribution is -2.37. The van der Waals surface area contributed by atoms with Gasteiger partial charge in [0.25, 0.3) is 0 Å². The van der Waals surface area contributed by atoms with E-state index in [2.05, 4.69) is 15.0 Å². The van der Waals surface area contributed by atoms with E-state index < -0.39 is 24.0 Å². The van der Waals surface area contributed by atoms with Crippen molar-refractivity contribution < 1.29 is 38.0 Å². The number of methoxy groups -OCH3 is 1. The lowest BCUT2D eigenvalue weighted by molar-refractivity contribution is -0.104. The van der Waals surface area contributed by atoms with Crippen molar-refractivity contribution in [3.8, 4) is 5.75 Å². The molecular formula is C28H37N5O8S. The zero-order valence-electron chi connectivity index (χ0n) is 24.6. The van der Waals surface area contributed by atoms with Crippen LogP contribution in [0.1, 0.15) is 41.0 Å². The van der Waals surface area contributed by atoms with E-state index in [1.165, 1.54) is 11.8 Å². The third-order valence-electron chi connectivity index (χ3n) is 6.39. The predicted molar refractivity (Wildman–Crippen MR) is 153 cm³/mol. The van der Waals surface area contributed by atoms with Crippen LogP contribution in [-0.2, 0) is 30.2 Å². The zero-order valence-corrected chi connectivity index (χ0v) is 25.4. The van der Waals surface area contributed by atoms with Gasteiger partial charge in [0, 0.05) is 4.90 Å². The van der Waals surface area contributed by atoms with E-state index >= 15 is 0 Å². The second-order valence-corrected chi connectivity index (χ2v) is 11.6. The summed E-state index contributed by atoms with van der Waals surface area (Å²) in [7, 11) is 1.62. The minimum Gasteiger partial charge on any atom is -0.497 e. The van der Waals surface area contributed by atoms with Crippen LogP contribution in [0.3, 0.4) is 0 Å². The normalized spacial score (nSPS) is 18.0. The first-order chi connectivity index (χ1) is 20.0. The number of hydrogen-bond acceptors (Lipinski definition) is 13. The number of carbonyl (C=O) groups is 2.